The first kappa shape index (κ1) is 14.0. The Morgan fingerprint density at radius 3 is 2.68 bits per heavy atom. The van der Waals surface area contributed by atoms with Crippen molar-refractivity contribution in [3.05, 3.63) is 63.4 Å². The molecule has 0 aliphatic rings. The molecule has 0 fully saturated rings. The van der Waals surface area contributed by atoms with Gasteiger partial charge < -0.3 is 10.5 Å². The lowest BCUT2D eigenvalue weighted by molar-refractivity contribution is 0.302. The molecule has 0 unspecified atom stereocenters. The van der Waals surface area contributed by atoms with Crippen LogP contribution < -0.4 is 10.5 Å². The lowest BCUT2D eigenvalue weighted by Gasteiger charge is -2.11. The first-order chi connectivity index (χ1) is 9.10. The second kappa shape index (κ2) is 6.17. The molecule has 0 aromatic heterocycles. The van der Waals surface area contributed by atoms with Crippen LogP contribution >= 0.6 is 15.9 Å². The van der Waals surface area contributed by atoms with Crippen molar-refractivity contribution in [2.75, 3.05) is 0 Å². The summed E-state index contributed by atoms with van der Waals surface area (Å²) in [6, 6.07) is 10.4. The van der Waals surface area contributed by atoms with E-state index in [0.29, 0.717) is 18.9 Å². The lowest BCUT2D eigenvalue weighted by atomic mass is 10.1. The molecule has 0 radical (unpaired) electrons. The zero-order chi connectivity index (χ0) is 13.8. The van der Waals surface area contributed by atoms with Gasteiger partial charge in [-0.2, -0.15) is 0 Å². The Labute approximate surface area is 120 Å². The van der Waals surface area contributed by atoms with Gasteiger partial charge in [0.15, 0.2) is 0 Å². The fourth-order valence-electron chi connectivity index (χ4n) is 1.79. The third-order valence-electron chi connectivity index (χ3n) is 2.92. The van der Waals surface area contributed by atoms with Crippen LogP contribution in [0, 0.1) is 12.7 Å². The predicted octanol–water partition coefficient (Wildman–Crippen LogP) is 3.93. The molecule has 0 aliphatic carbocycles. The molecule has 0 spiro atoms. The number of halogens is 2. The first-order valence-corrected chi connectivity index (χ1v) is 6.76. The molecule has 0 amide bonds. The SMILES string of the molecule is Cc1cc(CN)ccc1COc1cc(F)ccc1Br. The highest BCUT2D eigenvalue weighted by molar-refractivity contribution is 9.10. The van der Waals surface area contributed by atoms with E-state index in [0.717, 1.165) is 21.2 Å². The van der Waals surface area contributed by atoms with Gasteiger partial charge in [-0.25, -0.2) is 4.39 Å². The zero-order valence-electron chi connectivity index (χ0n) is 10.6. The number of benzene rings is 2. The molecule has 2 rings (SSSR count). The fourth-order valence-corrected chi connectivity index (χ4v) is 2.15. The van der Waals surface area contributed by atoms with Gasteiger partial charge in [-0.1, -0.05) is 18.2 Å². The third-order valence-corrected chi connectivity index (χ3v) is 3.57. The molecule has 2 aromatic carbocycles. The zero-order valence-corrected chi connectivity index (χ0v) is 12.2. The number of hydrogen-bond acceptors (Lipinski definition) is 2. The van der Waals surface area contributed by atoms with Crippen LogP contribution in [0.3, 0.4) is 0 Å². The van der Waals surface area contributed by atoms with Gasteiger partial charge in [0, 0.05) is 12.6 Å². The van der Waals surface area contributed by atoms with Gasteiger partial charge in [0.25, 0.3) is 0 Å². The summed E-state index contributed by atoms with van der Waals surface area (Å²) in [6.45, 7) is 2.94. The highest BCUT2D eigenvalue weighted by Gasteiger charge is 2.05. The summed E-state index contributed by atoms with van der Waals surface area (Å²) in [5, 5.41) is 0. The summed E-state index contributed by atoms with van der Waals surface area (Å²) >= 11 is 3.34. The van der Waals surface area contributed by atoms with Crippen LogP contribution in [0.2, 0.25) is 0 Å². The minimum atomic E-state index is -0.312. The average Bonchev–Trinajstić information content (AvgIpc) is 2.40. The lowest BCUT2D eigenvalue weighted by Crippen LogP contribution is -2.02. The highest BCUT2D eigenvalue weighted by Crippen LogP contribution is 2.26. The van der Waals surface area contributed by atoms with Crippen LogP contribution in [0.25, 0.3) is 0 Å². The monoisotopic (exact) mass is 323 g/mol. The third kappa shape index (κ3) is 3.55. The molecule has 0 heterocycles. The van der Waals surface area contributed by atoms with Crippen LogP contribution in [-0.2, 0) is 13.2 Å². The van der Waals surface area contributed by atoms with Gasteiger partial charge in [-0.05, 0) is 51.7 Å². The first-order valence-electron chi connectivity index (χ1n) is 5.96. The van der Waals surface area contributed by atoms with Gasteiger partial charge in [0.1, 0.15) is 18.2 Å². The van der Waals surface area contributed by atoms with E-state index in [1.807, 2.05) is 25.1 Å². The number of nitrogens with two attached hydrogens (primary N) is 1. The summed E-state index contributed by atoms with van der Waals surface area (Å²) in [6.07, 6.45) is 0. The Kier molecular flexibility index (Phi) is 4.56. The van der Waals surface area contributed by atoms with E-state index in [9.17, 15) is 4.39 Å². The largest absolute Gasteiger partial charge is 0.488 e. The maximum Gasteiger partial charge on any atom is 0.136 e. The van der Waals surface area contributed by atoms with Crippen molar-refractivity contribution >= 4 is 15.9 Å². The Morgan fingerprint density at radius 1 is 1.21 bits per heavy atom. The smallest absolute Gasteiger partial charge is 0.136 e. The van der Waals surface area contributed by atoms with E-state index >= 15 is 0 Å². The van der Waals surface area contributed by atoms with Gasteiger partial charge in [0.2, 0.25) is 0 Å². The molecule has 2 nitrogen and oxygen atoms in total. The van der Waals surface area contributed by atoms with Crippen molar-refractivity contribution < 1.29 is 9.13 Å². The van der Waals surface area contributed by atoms with E-state index < -0.39 is 0 Å². The second-order valence-electron chi connectivity index (χ2n) is 4.33. The summed E-state index contributed by atoms with van der Waals surface area (Å²) < 4.78 is 19.5. The average molecular weight is 324 g/mol. The van der Waals surface area contributed by atoms with Crippen LogP contribution in [0.15, 0.2) is 40.9 Å². The van der Waals surface area contributed by atoms with E-state index in [2.05, 4.69) is 15.9 Å². The van der Waals surface area contributed by atoms with Crippen LogP contribution in [-0.4, -0.2) is 0 Å². The molecule has 0 aliphatic heterocycles. The fraction of sp³-hybridized carbons (Fsp3) is 0.200. The van der Waals surface area contributed by atoms with Gasteiger partial charge in [0.05, 0.1) is 4.47 Å². The number of aryl methyl sites for hydroxylation is 1. The predicted molar refractivity (Wildman–Crippen MR) is 77.5 cm³/mol. The summed E-state index contributed by atoms with van der Waals surface area (Å²) in [4.78, 5) is 0. The minimum absolute atomic E-state index is 0.312. The van der Waals surface area contributed by atoms with Crippen molar-refractivity contribution in [2.45, 2.75) is 20.1 Å². The number of ether oxygens (including phenoxy) is 1. The Bertz CT molecular complexity index is 586. The topological polar surface area (TPSA) is 35.2 Å². The summed E-state index contributed by atoms with van der Waals surface area (Å²) in [7, 11) is 0. The molecular formula is C15H15BrFNO. The van der Waals surface area contributed by atoms with Crippen LogP contribution in [0.1, 0.15) is 16.7 Å². The normalized spacial score (nSPS) is 10.5. The van der Waals surface area contributed by atoms with Crippen molar-refractivity contribution in [3.8, 4) is 5.75 Å². The molecule has 0 atom stereocenters. The Hall–Kier alpha value is -1.39. The van der Waals surface area contributed by atoms with E-state index in [4.69, 9.17) is 10.5 Å². The minimum Gasteiger partial charge on any atom is -0.488 e. The number of hydrogen-bond donors (Lipinski definition) is 1. The van der Waals surface area contributed by atoms with E-state index in [1.165, 1.54) is 12.1 Å². The van der Waals surface area contributed by atoms with Crippen molar-refractivity contribution in [3.63, 3.8) is 0 Å². The summed E-state index contributed by atoms with van der Waals surface area (Å²) in [5.41, 5.74) is 8.87. The molecule has 19 heavy (non-hydrogen) atoms. The number of rotatable bonds is 4. The van der Waals surface area contributed by atoms with Crippen LogP contribution in [0.4, 0.5) is 4.39 Å². The Morgan fingerprint density at radius 2 is 2.00 bits per heavy atom. The molecule has 4 heteroatoms. The molecule has 0 saturated carbocycles. The molecule has 100 valence electrons. The maximum absolute atomic E-state index is 13.1. The standard InChI is InChI=1S/C15H15BrFNO/c1-10-6-11(8-18)2-3-12(10)9-19-15-7-13(17)4-5-14(15)16/h2-7H,8-9,18H2,1H3. The molecule has 0 saturated heterocycles. The quantitative estimate of drug-likeness (QED) is 0.925. The van der Waals surface area contributed by atoms with Gasteiger partial charge in [-0.3, -0.25) is 0 Å². The maximum atomic E-state index is 13.1. The second-order valence-corrected chi connectivity index (χ2v) is 5.18. The van der Waals surface area contributed by atoms with Crippen LogP contribution in [0.5, 0.6) is 5.75 Å². The van der Waals surface area contributed by atoms with Crippen molar-refractivity contribution in [1.82, 2.24) is 0 Å². The molecule has 2 aromatic rings. The van der Waals surface area contributed by atoms with E-state index in [-0.39, 0.29) is 5.82 Å². The van der Waals surface area contributed by atoms with Crippen molar-refractivity contribution in [1.29, 1.82) is 0 Å². The Balaban J connectivity index is 2.12. The molecule has 0 bridgehead atoms. The molecular weight excluding hydrogens is 309 g/mol. The molecule has 2 N–H and O–H groups in total. The summed E-state index contributed by atoms with van der Waals surface area (Å²) in [5.74, 6) is 0.190. The van der Waals surface area contributed by atoms with Gasteiger partial charge in [-0.15, -0.1) is 0 Å². The van der Waals surface area contributed by atoms with E-state index in [1.54, 1.807) is 6.07 Å². The van der Waals surface area contributed by atoms with Gasteiger partial charge >= 0.3 is 0 Å². The highest BCUT2D eigenvalue weighted by atomic mass is 79.9. The van der Waals surface area contributed by atoms with Crippen molar-refractivity contribution in [2.24, 2.45) is 5.73 Å².